The third-order valence-electron chi connectivity index (χ3n) is 1.69. The fourth-order valence-corrected chi connectivity index (χ4v) is 1.13. The van der Waals surface area contributed by atoms with Crippen LogP contribution in [0.3, 0.4) is 0 Å². The molecule has 0 amide bonds. The number of rotatable bonds is 4. The number of hydrogen-bond donors (Lipinski definition) is 1. The van der Waals surface area contributed by atoms with E-state index in [0.717, 1.165) is 6.42 Å². The van der Waals surface area contributed by atoms with Crippen molar-refractivity contribution >= 4 is 5.97 Å². The van der Waals surface area contributed by atoms with Gasteiger partial charge >= 0.3 is 11.7 Å². The molecule has 1 rings (SSSR count). The summed E-state index contributed by atoms with van der Waals surface area (Å²) in [5, 5.41) is 8.46. The summed E-state index contributed by atoms with van der Waals surface area (Å²) < 4.78 is 2.68. The Bertz CT molecular complexity index is 351. The largest absolute Gasteiger partial charge is 0.480 e. The molecule has 0 aliphatic rings. The summed E-state index contributed by atoms with van der Waals surface area (Å²) in [6.07, 6.45) is 3.96. The first kappa shape index (κ1) is 9.57. The second-order valence-corrected chi connectivity index (χ2v) is 2.80. The summed E-state index contributed by atoms with van der Waals surface area (Å²) in [7, 11) is 0. The van der Waals surface area contributed by atoms with Gasteiger partial charge in [0, 0.05) is 18.9 Å². The van der Waals surface area contributed by atoms with Gasteiger partial charge in [0.05, 0.1) is 0 Å². The Morgan fingerprint density at radius 3 is 2.62 bits per heavy atom. The number of carboxylic acid groups (broad SMARTS) is 1. The first-order valence-corrected chi connectivity index (χ1v) is 4.12. The third-order valence-corrected chi connectivity index (χ3v) is 1.69. The molecule has 0 aromatic carbocycles. The number of imidazole rings is 1. The predicted octanol–water partition coefficient (Wildman–Crippen LogP) is 0.144. The Morgan fingerprint density at radius 1 is 1.46 bits per heavy atom. The zero-order valence-electron chi connectivity index (χ0n) is 7.43. The van der Waals surface area contributed by atoms with Crippen LogP contribution in [-0.4, -0.2) is 20.2 Å². The monoisotopic (exact) mass is 184 g/mol. The Hall–Kier alpha value is -1.52. The summed E-state index contributed by atoms with van der Waals surface area (Å²) in [6, 6.07) is 0. The molecule has 0 aliphatic carbocycles. The highest BCUT2D eigenvalue weighted by molar-refractivity contribution is 5.66. The smallest absolute Gasteiger partial charge is 0.328 e. The minimum absolute atomic E-state index is 0.260. The topological polar surface area (TPSA) is 64.2 Å². The van der Waals surface area contributed by atoms with Gasteiger partial charge in [0.25, 0.3) is 0 Å². The molecular formula is C8H12N2O3. The van der Waals surface area contributed by atoms with Crippen LogP contribution in [0.5, 0.6) is 0 Å². The van der Waals surface area contributed by atoms with E-state index in [4.69, 9.17) is 5.11 Å². The number of nitrogens with zero attached hydrogens (tertiary/aromatic N) is 2. The molecule has 0 unspecified atom stereocenters. The van der Waals surface area contributed by atoms with Crippen molar-refractivity contribution < 1.29 is 9.90 Å². The van der Waals surface area contributed by atoms with Gasteiger partial charge in [-0.1, -0.05) is 6.92 Å². The summed E-state index contributed by atoms with van der Waals surface area (Å²) >= 11 is 0. The summed E-state index contributed by atoms with van der Waals surface area (Å²) in [5.74, 6) is -1.00. The lowest BCUT2D eigenvalue weighted by molar-refractivity contribution is -0.137. The van der Waals surface area contributed by atoms with Gasteiger partial charge in [0.2, 0.25) is 0 Å². The van der Waals surface area contributed by atoms with E-state index in [1.165, 1.54) is 15.3 Å². The molecule has 5 heteroatoms. The van der Waals surface area contributed by atoms with E-state index in [1.807, 2.05) is 6.92 Å². The van der Waals surface area contributed by atoms with Crippen molar-refractivity contribution in [2.45, 2.75) is 26.4 Å². The van der Waals surface area contributed by atoms with Gasteiger partial charge in [-0.3, -0.25) is 13.9 Å². The van der Waals surface area contributed by atoms with E-state index in [2.05, 4.69) is 0 Å². The number of carboxylic acids is 1. The van der Waals surface area contributed by atoms with Crippen LogP contribution in [0.2, 0.25) is 0 Å². The van der Waals surface area contributed by atoms with Gasteiger partial charge in [-0.05, 0) is 6.42 Å². The average Bonchev–Trinajstić information content (AvgIpc) is 2.36. The second-order valence-electron chi connectivity index (χ2n) is 2.80. The maximum atomic E-state index is 11.4. The molecule has 0 fully saturated rings. The fourth-order valence-electron chi connectivity index (χ4n) is 1.13. The molecule has 0 saturated heterocycles. The van der Waals surface area contributed by atoms with Gasteiger partial charge in [-0.25, -0.2) is 4.79 Å². The van der Waals surface area contributed by atoms with E-state index in [9.17, 15) is 9.59 Å². The van der Waals surface area contributed by atoms with Crippen LogP contribution in [0, 0.1) is 0 Å². The normalized spacial score (nSPS) is 10.2. The van der Waals surface area contributed by atoms with Crippen molar-refractivity contribution in [1.82, 2.24) is 9.13 Å². The molecule has 1 N–H and O–H groups in total. The first-order valence-electron chi connectivity index (χ1n) is 4.12. The standard InChI is InChI=1S/C8H12N2O3/c1-2-3-9-4-5-10(8(9)13)6-7(11)12/h4-5H,2-3,6H2,1H3,(H,11,12). The molecule has 0 saturated carbocycles. The van der Waals surface area contributed by atoms with Crippen LogP contribution in [-0.2, 0) is 17.9 Å². The quantitative estimate of drug-likeness (QED) is 0.724. The van der Waals surface area contributed by atoms with Crippen molar-refractivity contribution in [1.29, 1.82) is 0 Å². The van der Waals surface area contributed by atoms with Crippen LogP contribution < -0.4 is 5.69 Å². The maximum absolute atomic E-state index is 11.4. The maximum Gasteiger partial charge on any atom is 0.328 e. The first-order chi connectivity index (χ1) is 6.15. The van der Waals surface area contributed by atoms with Crippen molar-refractivity contribution in [3.05, 3.63) is 22.9 Å². The minimum atomic E-state index is -1.00. The van der Waals surface area contributed by atoms with Gasteiger partial charge in [-0.15, -0.1) is 0 Å². The van der Waals surface area contributed by atoms with Crippen LogP contribution in [0.4, 0.5) is 0 Å². The SMILES string of the molecule is CCCn1ccn(CC(=O)O)c1=O. The molecule has 72 valence electrons. The third kappa shape index (κ3) is 2.21. The molecular weight excluding hydrogens is 172 g/mol. The Balaban J connectivity index is 2.86. The van der Waals surface area contributed by atoms with E-state index < -0.39 is 5.97 Å². The van der Waals surface area contributed by atoms with Crippen molar-refractivity contribution in [2.75, 3.05) is 0 Å². The Morgan fingerprint density at radius 2 is 2.08 bits per heavy atom. The molecule has 1 heterocycles. The van der Waals surface area contributed by atoms with E-state index in [0.29, 0.717) is 6.54 Å². The number of aliphatic carboxylic acids is 1. The zero-order chi connectivity index (χ0) is 9.84. The van der Waals surface area contributed by atoms with Gasteiger partial charge in [0.1, 0.15) is 6.54 Å². The molecule has 0 radical (unpaired) electrons. The lowest BCUT2D eigenvalue weighted by Crippen LogP contribution is -2.26. The molecule has 0 atom stereocenters. The lowest BCUT2D eigenvalue weighted by Gasteiger charge is -1.96. The molecule has 13 heavy (non-hydrogen) atoms. The number of aryl methyl sites for hydroxylation is 1. The van der Waals surface area contributed by atoms with Gasteiger partial charge < -0.3 is 5.11 Å². The van der Waals surface area contributed by atoms with Crippen LogP contribution >= 0.6 is 0 Å². The number of carbonyl (C=O) groups is 1. The zero-order valence-corrected chi connectivity index (χ0v) is 7.43. The lowest BCUT2D eigenvalue weighted by atomic mass is 10.5. The van der Waals surface area contributed by atoms with Gasteiger partial charge in [0.15, 0.2) is 0 Å². The average molecular weight is 184 g/mol. The highest BCUT2D eigenvalue weighted by atomic mass is 16.4. The highest BCUT2D eigenvalue weighted by Crippen LogP contribution is 1.88. The van der Waals surface area contributed by atoms with Crippen molar-refractivity contribution in [3.8, 4) is 0 Å². The van der Waals surface area contributed by atoms with Crippen LogP contribution in [0.1, 0.15) is 13.3 Å². The molecule has 1 aromatic rings. The Kier molecular flexibility index (Phi) is 2.89. The second kappa shape index (κ2) is 3.93. The molecule has 0 aliphatic heterocycles. The highest BCUT2D eigenvalue weighted by Gasteiger charge is 2.04. The molecule has 0 spiro atoms. The van der Waals surface area contributed by atoms with Gasteiger partial charge in [-0.2, -0.15) is 0 Å². The Labute approximate surface area is 75.2 Å². The van der Waals surface area contributed by atoms with Crippen molar-refractivity contribution in [2.24, 2.45) is 0 Å². The number of aromatic nitrogens is 2. The molecule has 5 nitrogen and oxygen atoms in total. The predicted molar refractivity (Wildman–Crippen MR) is 46.6 cm³/mol. The summed E-state index contributed by atoms with van der Waals surface area (Å²) in [6.45, 7) is 2.32. The fraction of sp³-hybridized carbons (Fsp3) is 0.500. The van der Waals surface area contributed by atoms with E-state index in [-0.39, 0.29) is 12.2 Å². The summed E-state index contributed by atoms with van der Waals surface area (Å²) in [4.78, 5) is 21.7. The van der Waals surface area contributed by atoms with E-state index >= 15 is 0 Å². The summed E-state index contributed by atoms with van der Waals surface area (Å²) in [5.41, 5.74) is -0.260. The minimum Gasteiger partial charge on any atom is -0.480 e. The van der Waals surface area contributed by atoms with Crippen LogP contribution in [0.25, 0.3) is 0 Å². The molecule has 1 aromatic heterocycles. The number of hydrogen-bond acceptors (Lipinski definition) is 2. The molecule has 0 bridgehead atoms. The van der Waals surface area contributed by atoms with Crippen LogP contribution in [0.15, 0.2) is 17.2 Å². The van der Waals surface area contributed by atoms with Crippen molar-refractivity contribution in [3.63, 3.8) is 0 Å². The van der Waals surface area contributed by atoms with E-state index in [1.54, 1.807) is 6.20 Å².